The molecule has 21 heavy (non-hydrogen) atoms. The third-order valence-electron chi connectivity index (χ3n) is 4.09. The lowest BCUT2D eigenvalue weighted by Gasteiger charge is -2.33. The van der Waals surface area contributed by atoms with Gasteiger partial charge in [0.1, 0.15) is 0 Å². The third kappa shape index (κ3) is 2.95. The summed E-state index contributed by atoms with van der Waals surface area (Å²) in [5.74, 6) is 0.764. The van der Waals surface area contributed by atoms with Crippen molar-refractivity contribution in [3.63, 3.8) is 0 Å². The zero-order chi connectivity index (χ0) is 15.5. The Kier molecular flexibility index (Phi) is 4.68. The number of benzene rings is 1. The molecule has 0 aliphatic carbocycles. The summed E-state index contributed by atoms with van der Waals surface area (Å²) in [4.78, 5) is 0. The molecule has 0 saturated carbocycles. The quantitative estimate of drug-likeness (QED) is 0.887. The van der Waals surface area contributed by atoms with E-state index in [0.717, 1.165) is 24.4 Å². The fourth-order valence-electron chi connectivity index (χ4n) is 2.63. The van der Waals surface area contributed by atoms with Gasteiger partial charge in [-0.05, 0) is 12.0 Å². The lowest BCUT2D eigenvalue weighted by atomic mass is 9.76. The lowest BCUT2D eigenvalue weighted by molar-refractivity contribution is 0.359. The first kappa shape index (κ1) is 15.6. The maximum absolute atomic E-state index is 6.62. The predicted octanol–water partition coefficient (Wildman–Crippen LogP) is 3.28. The van der Waals surface area contributed by atoms with Crippen LogP contribution in [0.15, 0.2) is 36.5 Å². The van der Waals surface area contributed by atoms with Crippen molar-refractivity contribution >= 4 is 0 Å². The maximum atomic E-state index is 6.62. The van der Waals surface area contributed by atoms with Crippen molar-refractivity contribution in [3.8, 4) is 5.75 Å². The molecule has 2 aromatic rings. The van der Waals surface area contributed by atoms with Crippen molar-refractivity contribution in [2.24, 2.45) is 5.73 Å². The Hall–Kier alpha value is -1.81. The Morgan fingerprint density at radius 1 is 1.29 bits per heavy atom. The monoisotopic (exact) mass is 287 g/mol. The normalized spacial score (nSPS) is 13.2. The number of methoxy groups -OCH3 is 1. The van der Waals surface area contributed by atoms with Crippen molar-refractivity contribution < 1.29 is 4.74 Å². The molecule has 1 atom stereocenters. The van der Waals surface area contributed by atoms with E-state index in [2.05, 4.69) is 38.0 Å². The SMILES string of the molecule is CCCn1ncc(OC)c1C(N)C(C)(C)c1ccccc1. The molecule has 2 rings (SSSR count). The molecule has 0 aliphatic rings. The Balaban J connectivity index is 2.43. The van der Waals surface area contributed by atoms with Gasteiger partial charge in [-0.3, -0.25) is 4.68 Å². The summed E-state index contributed by atoms with van der Waals surface area (Å²) in [5, 5.41) is 4.42. The Bertz CT molecular complexity index is 575. The van der Waals surface area contributed by atoms with Gasteiger partial charge in [0.25, 0.3) is 0 Å². The van der Waals surface area contributed by atoms with Crippen LogP contribution in [0, 0.1) is 0 Å². The van der Waals surface area contributed by atoms with Gasteiger partial charge in [0.2, 0.25) is 0 Å². The van der Waals surface area contributed by atoms with Gasteiger partial charge in [0, 0.05) is 12.0 Å². The van der Waals surface area contributed by atoms with E-state index in [1.807, 2.05) is 22.9 Å². The van der Waals surface area contributed by atoms with Gasteiger partial charge in [0.15, 0.2) is 5.75 Å². The molecule has 1 aromatic heterocycles. The number of rotatable bonds is 6. The van der Waals surface area contributed by atoms with Crippen molar-refractivity contribution in [1.82, 2.24) is 9.78 Å². The largest absolute Gasteiger partial charge is 0.493 e. The molecular formula is C17H25N3O. The van der Waals surface area contributed by atoms with E-state index in [1.165, 1.54) is 5.56 Å². The highest BCUT2D eigenvalue weighted by Crippen LogP contribution is 2.38. The summed E-state index contributed by atoms with van der Waals surface area (Å²) in [7, 11) is 1.67. The molecule has 4 nitrogen and oxygen atoms in total. The first-order valence-corrected chi connectivity index (χ1v) is 7.43. The highest BCUT2D eigenvalue weighted by atomic mass is 16.5. The standard InChI is InChI=1S/C17H25N3O/c1-5-11-20-15(14(21-4)12-19-20)16(18)17(2,3)13-9-7-6-8-10-13/h6-10,12,16H,5,11,18H2,1-4H3. The van der Waals surface area contributed by atoms with E-state index in [0.29, 0.717) is 0 Å². The molecule has 114 valence electrons. The van der Waals surface area contributed by atoms with Crippen LogP contribution in [0.5, 0.6) is 5.75 Å². The second-order valence-corrected chi connectivity index (χ2v) is 5.89. The summed E-state index contributed by atoms with van der Waals surface area (Å²) >= 11 is 0. The number of nitrogens with two attached hydrogens (primary N) is 1. The number of aromatic nitrogens is 2. The highest BCUT2D eigenvalue weighted by Gasteiger charge is 2.34. The average Bonchev–Trinajstić information content (AvgIpc) is 2.90. The van der Waals surface area contributed by atoms with E-state index in [1.54, 1.807) is 13.3 Å². The van der Waals surface area contributed by atoms with Gasteiger partial charge in [-0.15, -0.1) is 0 Å². The van der Waals surface area contributed by atoms with E-state index in [9.17, 15) is 0 Å². The number of hydrogen-bond donors (Lipinski definition) is 1. The minimum Gasteiger partial charge on any atom is -0.493 e. The van der Waals surface area contributed by atoms with Crippen LogP contribution in [0.3, 0.4) is 0 Å². The molecule has 0 bridgehead atoms. The van der Waals surface area contributed by atoms with Gasteiger partial charge in [0.05, 0.1) is 25.0 Å². The number of hydrogen-bond acceptors (Lipinski definition) is 3. The van der Waals surface area contributed by atoms with Crippen LogP contribution < -0.4 is 10.5 Å². The molecule has 0 aliphatic heterocycles. The number of ether oxygens (including phenoxy) is 1. The van der Waals surface area contributed by atoms with Gasteiger partial charge in [-0.2, -0.15) is 5.10 Å². The Labute approximate surface area is 126 Å². The molecule has 0 spiro atoms. The minimum absolute atomic E-state index is 0.191. The predicted molar refractivity (Wildman–Crippen MR) is 85.5 cm³/mol. The molecule has 4 heteroatoms. The second-order valence-electron chi connectivity index (χ2n) is 5.89. The van der Waals surface area contributed by atoms with Crippen LogP contribution in [-0.4, -0.2) is 16.9 Å². The van der Waals surface area contributed by atoms with Crippen molar-refractivity contribution in [3.05, 3.63) is 47.8 Å². The van der Waals surface area contributed by atoms with Gasteiger partial charge >= 0.3 is 0 Å². The minimum atomic E-state index is -0.208. The summed E-state index contributed by atoms with van der Waals surface area (Å²) in [5.41, 5.74) is 8.59. The van der Waals surface area contributed by atoms with E-state index < -0.39 is 0 Å². The zero-order valence-corrected chi connectivity index (χ0v) is 13.3. The van der Waals surface area contributed by atoms with Crippen LogP contribution in [-0.2, 0) is 12.0 Å². The van der Waals surface area contributed by atoms with Crippen LogP contribution in [0.25, 0.3) is 0 Å². The molecule has 1 heterocycles. The van der Waals surface area contributed by atoms with Crippen molar-refractivity contribution in [2.75, 3.05) is 7.11 Å². The van der Waals surface area contributed by atoms with Crippen LogP contribution in [0.2, 0.25) is 0 Å². The molecule has 0 radical (unpaired) electrons. The summed E-state index contributed by atoms with van der Waals surface area (Å²) < 4.78 is 7.43. The molecule has 1 aromatic carbocycles. The van der Waals surface area contributed by atoms with E-state index in [-0.39, 0.29) is 11.5 Å². The Morgan fingerprint density at radius 2 is 1.95 bits per heavy atom. The van der Waals surface area contributed by atoms with Crippen LogP contribution in [0.4, 0.5) is 0 Å². The van der Waals surface area contributed by atoms with E-state index >= 15 is 0 Å². The fraction of sp³-hybridized carbons (Fsp3) is 0.471. The summed E-state index contributed by atoms with van der Waals surface area (Å²) in [6.07, 6.45) is 2.77. The Morgan fingerprint density at radius 3 is 2.52 bits per heavy atom. The first-order valence-electron chi connectivity index (χ1n) is 7.43. The van der Waals surface area contributed by atoms with Crippen molar-refractivity contribution in [2.45, 2.75) is 45.2 Å². The molecule has 0 saturated heterocycles. The zero-order valence-electron chi connectivity index (χ0n) is 13.3. The number of aryl methyl sites for hydroxylation is 1. The topological polar surface area (TPSA) is 53.1 Å². The first-order chi connectivity index (χ1) is 10.0. The highest BCUT2D eigenvalue weighted by molar-refractivity contribution is 5.35. The third-order valence-corrected chi connectivity index (χ3v) is 4.09. The number of nitrogens with zero attached hydrogens (tertiary/aromatic N) is 2. The maximum Gasteiger partial charge on any atom is 0.161 e. The smallest absolute Gasteiger partial charge is 0.161 e. The van der Waals surface area contributed by atoms with E-state index in [4.69, 9.17) is 10.5 Å². The molecule has 0 amide bonds. The molecule has 2 N–H and O–H groups in total. The average molecular weight is 287 g/mol. The fourth-order valence-corrected chi connectivity index (χ4v) is 2.63. The lowest BCUT2D eigenvalue weighted by Crippen LogP contribution is -2.35. The van der Waals surface area contributed by atoms with Gasteiger partial charge in [-0.25, -0.2) is 0 Å². The molecule has 1 unspecified atom stereocenters. The van der Waals surface area contributed by atoms with Crippen LogP contribution >= 0.6 is 0 Å². The van der Waals surface area contributed by atoms with Crippen molar-refractivity contribution in [1.29, 1.82) is 0 Å². The van der Waals surface area contributed by atoms with Crippen LogP contribution in [0.1, 0.15) is 44.5 Å². The molecule has 0 fully saturated rings. The van der Waals surface area contributed by atoms with Gasteiger partial charge < -0.3 is 10.5 Å². The second kappa shape index (κ2) is 6.31. The molecular weight excluding hydrogens is 262 g/mol. The summed E-state index contributed by atoms with van der Waals surface area (Å²) in [6, 6.07) is 10.2. The summed E-state index contributed by atoms with van der Waals surface area (Å²) in [6.45, 7) is 7.30. The van der Waals surface area contributed by atoms with Gasteiger partial charge in [-0.1, -0.05) is 51.1 Å².